The highest BCUT2D eigenvalue weighted by Gasteiger charge is 2.14. The van der Waals surface area contributed by atoms with Gasteiger partial charge in [-0.05, 0) is 24.6 Å². The van der Waals surface area contributed by atoms with Crippen molar-refractivity contribution < 1.29 is 4.74 Å². The van der Waals surface area contributed by atoms with Crippen LogP contribution in [0.15, 0.2) is 35.3 Å². The summed E-state index contributed by atoms with van der Waals surface area (Å²) in [4.78, 5) is 4.36. The summed E-state index contributed by atoms with van der Waals surface area (Å²) in [7, 11) is 0. The Hall–Kier alpha value is -1.57. The summed E-state index contributed by atoms with van der Waals surface area (Å²) in [5.74, 6) is 1.66. The summed E-state index contributed by atoms with van der Waals surface area (Å²) in [6.45, 7) is 4.04. The van der Waals surface area contributed by atoms with Crippen molar-refractivity contribution in [3.8, 4) is 0 Å². The van der Waals surface area contributed by atoms with Crippen LogP contribution in [0.1, 0.15) is 32.3 Å². The number of aliphatic imine (C=N–C) groups is 1. The first-order valence-corrected chi connectivity index (χ1v) is 5.34. The Balaban J connectivity index is 2.41. The van der Waals surface area contributed by atoms with Crippen LogP contribution in [0.2, 0.25) is 0 Å². The topological polar surface area (TPSA) is 21.6 Å². The minimum atomic E-state index is 0.719. The number of nitrogens with zero attached hydrogens (tertiary/aromatic N) is 1. The number of para-hydroxylation sites is 1. The lowest BCUT2D eigenvalue weighted by Gasteiger charge is -2.17. The number of allylic oxidation sites excluding steroid dienone is 1. The molecule has 0 atom stereocenters. The van der Waals surface area contributed by atoms with E-state index < -0.39 is 0 Å². The van der Waals surface area contributed by atoms with Crippen molar-refractivity contribution in [2.24, 2.45) is 4.99 Å². The molecule has 1 aliphatic heterocycles. The van der Waals surface area contributed by atoms with Crippen LogP contribution in [0.5, 0.6) is 0 Å². The predicted octanol–water partition coefficient (Wildman–Crippen LogP) is 3.91. The van der Waals surface area contributed by atoms with E-state index >= 15 is 0 Å². The van der Waals surface area contributed by atoms with Crippen LogP contribution in [0, 0.1) is 0 Å². The van der Waals surface area contributed by atoms with Crippen molar-refractivity contribution in [2.75, 3.05) is 0 Å². The Morgan fingerprint density at radius 3 is 2.93 bits per heavy atom. The molecule has 0 amide bonds. The van der Waals surface area contributed by atoms with Gasteiger partial charge in [-0.25, -0.2) is 4.99 Å². The number of rotatable bonds is 2. The third-order valence-corrected chi connectivity index (χ3v) is 2.32. The molecule has 1 heterocycles. The standard InChI is InChI=1S/C13H15NO/c1-3-4-9-13-11-7-5-6-8-12(11)14-10(2)15-13/h5-9H,3-4H2,1-2H3/b13-9+. The first kappa shape index (κ1) is 9.97. The molecule has 0 saturated carbocycles. The third-order valence-electron chi connectivity index (χ3n) is 2.32. The molecule has 0 aliphatic carbocycles. The lowest BCUT2D eigenvalue weighted by atomic mass is 10.1. The zero-order chi connectivity index (χ0) is 10.7. The summed E-state index contributed by atoms with van der Waals surface area (Å²) in [6, 6.07) is 8.07. The van der Waals surface area contributed by atoms with Gasteiger partial charge in [0.2, 0.25) is 0 Å². The molecule has 78 valence electrons. The van der Waals surface area contributed by atoms with Crippen molar-refractivity contribution in [2.45, 2.75) is 26.7 Å². The second kappa shape index (κ2) is 4.30. The Labute approximate surface area is 90.3 Å². The van der Waals surface area contributed by atoms with Crippen molar-refractivity contribution in [1.29, 1.82) is 0 Å². The molecule has 0 spiro atoms. The molecule has 0 saturated heterocycles. The van der Waals surface area contributed by atoms with Gasteiger partial charge >= 0.3 is 0 Å². The van der Waals surface area contributed by atoms with Gasteiger partial charge in [0.05, 0.1) is 5.69 Å². The molecule has 0 fully saturated rings. The number of ether oxygens (including phenoxy) is 1. The first-order valence-electron chi connectivity index (χ1n) is 5.34. The van der Waals surface area contributed by atoms with Crippen LogP contribution >= 0.6 is 0 Å². The smallest absolute Gasteiger partial charge is 0.192 e. The fourth-order valence-corrected chi connectivity index (χ4v) is 1.61. The molecule has 1 aliphatic rings. The van der Waals surface area contributed by atoms with Crippen LogP contribution < -0.4 is 0 Å². The van der Waals surface area contributed by atoms with E-state index in [1.807, 2.05) is 31.2 Å². The molecule has 0 unspecified atom stereocenters. The minimum absolute atomic E-state index is 0.719. The van der Waals surface area contributed by atoms with E-state index in [-0.39, 0.29) is 0 Å². The second-order valence-corrected chi connectivity index (χ2v) is 3.61. The van der Waals surface area contributed by atoms with E-state index in [1.165, 1.54) is 0 Å². The van der Waals surface area contributed by atoms with Crippen LogP contribution in [0.25, 0.3) is 5.76 Å². The monoisotopic (exact) mass is 201 g/mol. The van der Waals surface area contributed by atoms with Crippen LogP contribution in [-0.4, -0.2) is 5.90 Å². The Bertz CT molecular complexity index is 418. The van der Waals surface area contributed by atoms with Crippen molar-refractivity contribution in [3.05, 3.63) is 35.9 Å². The van der Waals surface area contributed by atoms with Gasteiger partial charge in [-0.15, -0.1) is 0 Å². The molecule has 2 nitrogen and oxygen atoms in total. The maximum absolute atomic E-state index is 5.63. The fourth-order valence-electron chi connectivity index (χ4n) is 1.61. The molecule has 0 bridgehead atoms. The van der Waals surface area contributed by atoms with Crippen LogP contribution in [0.4, 0.5) is 5.69 Å². The van der Waals surface area contributed by atoms with Gasteiger partial charge in [-0.1, -0.05) is 25.5 Å². The highest BCUT2D eigenvalue weighted by Crippen LogP contribution is 2.31. The second-order valence-electron chi connectivity index (χ2n) is 3.61. The van der Waals surface area contributed by atoms with Crippen LogP contribution in [-0.2, 0) is 4.74 Å². The predicted molar refractivity (Wildman–Crippen MR) is 63.2 cm³/mol. The summed E-state index contributed by atoms with van der Waals surface area (Å²) >= 11 is 0. The summed E-state index contributed by atoms with van der Waals surface area (Å²) in [5.41, 5.74) is 2.10. The molecule has 2 heteroatoms. The average molecular weight is 201 g/mol. The number of fused-ring (bicyclic) bond motifs is 1. The van der Waals surface area contributed by atoms with E-state index in [1.54, 1.807) is 0 Å². The number of benzene rings is 1. The molecule has 0 aromatic heterocycles. The molecule has 1 aromatic carbocycles. The summed E-state index contributed by atoms with van der Waals surface area (Å²) in [6.07, 6.45) is 4.30. The third kappa shape index (κ3) is 2.09. The van der Waals surface area contributed by atoms with Crippen molar-refractivity contribution >= 4 is 17.3 Å². The van der Waals surface area contributed by atoms with Gasteiger partial charge < -0.3 is 4.74 Å². The zero-order valence-electron chi connectivity index (χ0n) is 9.16. The van der Waals surface area contributed by atoms with Crippen molar-refractivity contribution in [1.82, 2.24) is 0 Å². The van der Waals surface area contributed by atoms with Crippen molar-refractivity contribution in [3.63, 3.8) is 0 Å². The van der Waals surface area contributed by atoms with Gasteiger partial charge in [-0.2, -0.15) is 0 Å². The molecular weight excluding hydrogens is 186 g/mol. The molecule has 2 rings (SSSR count). The molecule has 0 radical (unpaired) electrons. The largest absolute Gasteiger partial charge is 0.443 e. The SMILES string of the molecule is CCC/C=C1/OC(C)=Nc2ccccc21. The van der Waals surface area contributed by atoms with E-state index in [2.05, 4.69) is 18.0 Å². The quantitative estimate of drug-likeness (QED) is 0.711. The van der Waals surface area contributed by atoms with Gasteiger partial charge in [-0.3, -0.25) is 0 Å². The van der Waals surface area contributed by atoms with Gasteiger partial charge in [0, 0.05) is 12.5 Å². The van der Waals surface area contributed by atoms with Gasteiger partial charge in [0.15, 0.2) is 5.90 Å². The number of hydrogen-bond donors (Lipinski definition) is 0. The molecule has 15 heavy (non-hydrogen) atoms. The Kier molecular flexibility index (Phi) is 2.86. The number of hydrogen-bond acceptors (Lipinski definition) is 2. The summed E-state index contributed by atoms with van der Waals surface area (Å²) in [5, 5.41) is 0. The highest BCUT2D eigenvalue weighted by atomic mass is 16.5. The number of unbranched alkanes of at least 4 members (excludes halogenated alkanes) is 1. The van der Waals surface area contributed by atoms with Gasteiger partial charge in [0.1, 0.15) is 5.76 Å². The molecule has 0 N–H and O–H groups in total. The zero-order valence-corrected chi connectivity index (χ0v) is 9.16. The van der Waals surface area contributed by atoms with E-state index in [0.717, 1.165) is 35.7 Å². The van der Waals surface area contributed by atoms with E-state index in [4.69, 9.17) is 4.74 Å². The lowest BCUT2D eigenvalue weighted by Crippen LogP contribution is -2.04. The van der Waals surface area contributed by atoms with E-state index in [0.29, 0.717) is 0 Å². The highest BCUT2D eigenvalue weighted by molar-refractivity contribution is 5.89. The average Bonchev–Trinajstić information content (AvgIpc) is 2.25. The summed E-state index contributed by atoms with van der Waals surface area (Å²) < 4.78 is 5.63. The fraction of sp³-hybridized carbons (Fsp3) is 0.308. The maximum atomic E-state index is 5.63. The normalized spacial score (nSPS) is 16.9. The Morgan fingerprint density at radius 2 is 2.13 bits per heavy atom. The lowest BCUT2D eigenvalue weighted by molar-refractivity contribution is 0.495. The van der Waals surface area contributed by atoms with E-state index in [9.17, 15) is 0 Å². The Morgan fingerprint density at radius 1 is 1.33 bits per heavy atom. The molecule has 1 aromatic rings. The first-order chi connectivity index (χ1) is 7.31. The maximum Gasteiger partial charge on any atom is 0.192 e. The van der Waals surface area contributed by atoms with Crippen LogP contribution in [0.3, 0.4) is 0 Å². The minimum Gasteiger partial charge on any atom is -0.443 e. The molecular formula is C13H15NO. The van der Waals surface area contributed by atoms with Gasteiger partial charge in [0.25, 0.3) is 0 Å².